The lowest BCUT2D eigenvalue weighted by molar-refractivity contribution is 0.0950. The van der Waals surface area contributed by atoms with Crippen molar-refractivity contribution < 1.29 is 4.79 Å². The van der Waals surface area contributed by atoms with Gasteiger partial charge in [0.2, 0.25) is 0 Å². The number of hydrogen-bond acceptors (Lipinski definition) is 4. The number of rotatable bonds is 5. The Morgan fingerprint density at radius 3 is 2.43 bits per heavy atom. The van der Waals surface area contributed by atoms with Crippen LogP contribution in [0.25, 0.3) is 0 Å². The number of nitrogens with two attached hydrogens (primary N) is 1. The van der Waals surface area contributed by atoms with Crippen LogP contribution in [0.1, 0.15) is 41.3 Å². The van der Waals surface area contributed by atoms with Crippen molar-refractivity contribution in [1.29, 1.82) is 0 Å². The third kappa shape index (κ3) is 4.03. The molecule has 0 saturated carbocycles. The van der Waals surface area contributed by atoms with Crippen LogP contribution in [-0.4, -0.2) is 10.9 Å². The molecular formula is C16H20N4O. The molecule has 21 heavy (non-hydrogen) atoms. The molecule has 1 amide bonds. The van der Waals surface area contributed by atoms with E-state index in [1.165, 1.54) is 11.8 Å². The molecule has 1 aromatic heterocycles. The maximum absolute atomic E-state index is 12.0. The van der Waals surface area contributed by atoms with Crippen molar-refractivity contribution in [3.8, 4) is 0 Å². The minimum atomic E-state index is -0.154. The van der Waals surface area contributed by atoms with Gasteiger partial charge in [0, 0.05) is 12.7 Å². The lowest BCUT2D eigenvalue weighted by Gasteiger charge is -2.08. The Bertz CT molecular complexity index is 591. The highest BCUT2D eigenvalue weighted by Gasteiger charge is 2.06. The molecule has 110 valence electrons. The van der Waals surface area contributed by atoms with E-state index in [1.54, 1.807) is 12.1 Å². The van der Waals surface area contributed by atoms with Crippen LogP contribution in [0.4, 0.5) is 5.82 Å². The molecule has 1 aromatic carbocycles. The molecule has 2 aromatic rings. The fourth-order valence-electron chi connectivity index (χ4n) is 1.92. The molecule has 0 saturated heterocycles. The predicted molar refractivity (Wildman–Crippen MR) is 83.7 cm³/mol. The van der Waals surface area contributed by atoms with Gasteiger partial charge in [-0.3, -0.25) is 4.79 Å². The first-order valence-electron chi connectivity index (χ1n) is 6.90. The third-order valence-corrected chi connectivity index (χ3v) is 3.27. The average molecular weight is 284 g/mol. The van der Waals surface area contributed by atoms with Gasteiger partial charge in [0.05, 0.1) is 5.56 Å². The van der Waals surface area contributed by atoms with Crippen molar-refractivity contribution in [2.24, 2.45) is 5.84 Å². The Labute approximate surface area is 124 Å². The Kier molecular flexibility index (Phi) is 4.90. The molecule has 1 heterocycles. The van der Waals surface area contributed by atoms with E-state index in [1.807, 2.05) is 12.1 Å². The molecule has 0 bridgehead atoms. The lowest BCUT2D eigenvalue weighted by Crippen LogP contribution is -2.23. The Morgan fingerprint density at radius 2 is 1.90 bits per heavy atom. The van der Waals surface area contributed by atoms with Gasteiger partial charge < -0.3 is 10.7 Å². The first-order chi connectivity index (χ1) is 10.1. The van der Waals surface area contributed by atoms with Crippen molar-refractivity contribution in [2.45, 2.75) is 26.3 Å². The summed E-state index contributed by atoms with van der Waals surface area (Å²) in [5.74, 6) is 6.11. The van der Waals surface area contributed by atoms with E-state index in [4.69, 9.17) is 5.84 Å². The SMILES string of the molecule is CC(C)c1ccc(CNC(=O)c2ccc(NN)nc2)cc1. The van der Waals surface area contributed by atoms with Crippen molar-refractivity contribution in [1.82, 2.24) is 10.3 Å². The predicted octanol–water partition coefficient (Wildman–Crippen LogP) is 2.42. The lowest BCUT2D eigenvalue weighted by atomic mass is 10.0. The van der Waals surface area contributed by atoms with Crippen LogP contribution in [0.15, 0.2) is 42.6 Å². The summed E-state index contributed by atoms with van der Waals surface area (Å²) >= 11 is 0. The molecule has 0 radical (unpaired) electrons. The second-order valence-electron chi connectivity index (χ2n) is 5.16. The van der Waals surface area contributed by atoms with Gasteiger partial charge in [-0.1, -0.05) is 38.1 Å². The fourth-order valence-corrected chi connectivity index (χ4v) is 1.92. The summed E-state index contributed by atoms with van der Waals surface area (Å²) in [6.45, 7) is 4.81. The highest BCUT2D eigenvalue weighted by atomic mass is 16.1. The van der Waals surface area contributed by atoms with E-state index in [-0.39, 0.29) is 5.91 Å². The van der Waals surface area contributed by atoms with Crippen LogP contribution >= 0.6 is 0 Å². The normalized spacial score (nSPS) is 10.5. The number of carbonyl (C=O) groups is 1. The quantitative estimate of drug-likeness (QED) is 0.582. The smallest absolute Gasteiger partial charge is 0.253 e. The van der Waals surface area contributed by atoms with Crippen LogP contribution in [-0.2, 0) is 6.54 Å². The number of anilines is 1. The molecule has 0 atom stereocenters. The van der Waals surface area contributed by atoms with Crippen LogP contribution in [0.5, 0.6) is 0 Å². The van der Waals surface area contributed by atoms with Crippen molar-refractivity contribution in [2.75, 3.05) is 5.43 Å². The zero-order valence-electron chi connectivity index (χ0n) is 12.3. The number of hydrogen-bond donors (Lipinski definition) is 3. The fraction of sp³-hybridized carbons (Fsp3) is 0.250. The molecule has 0 unspecified atom stereocenters. The molecule has 0 aliphatic heterocycles. The van der Waals surface area contributed by atoms with Crippen LogP contribution in [0, 0.1) is 0 Å². The van der Waals surface area contributed by atoms with Crippen molar-refractivity contribution in [3.63, 3.8) is 0 Å². The summed E-state index contributed by atoms with van der Waals surface area (Å²) < 4.78 is 0. The Balaban J connectivity index is 1.93. The first-order valence-corrected chi connectivity index (χ1v) is 6.90. The molecular weight excluding hydrogens is 264 g/mol. The summed E-state index contributed by atoms with van der Waals surface area (Å²) in [5.41, 5.74) is 5.29. The second-order valence-corrected chi connectivity index (χ2v) is 5.16. The van der Waals surface area contributed by atoms with Gasteiger partial charge in [-0.2, -0.15) is 0 Å². The number of nitrogen functional groups attached to an aromatic ring is 1. The highest BCUT2D eigenvalue weighted by Crippen LogP contribution is 2.14. The zero-order valence-corrected chi connectivity index (χ0v) is 12.3. The van der Waals surface area contributed by atoms with Gasteiger partial charge in [0.25, 0.3) is 5.91 Å². The standard InChI is InChI=1S/C16H20N4O/c1-11(2)13-5-3-12(4-6-13)9-19-16(21)14-7-8-15(20-17)18-10-14/h3-8,10-11H,9,17H2,1-2H3,(H,18,20)(H,19,21). The molecule has 0 aliphatic carbocycles. The van der Waals surface area contributed by atoms with Crippen LogP contribution in [0.2, 0.25) is 0 Å². The van der Waals surface area contributed by atoms with E-state index in [0.29, 0.717) is 23.8 Å². The van der Waals surface area contributed by atoms with E-state index < -0.39 is 0 Å². The van der Waals surface area contributed by atoms with Gasteiger partial charge in [-0.05, 0) is 29.2 Å². The minimum Gasteiger partial charge on any atom is -0.348 e. The van der Waals surface area contributed by atoms with E-state index in [2.05, 4.69) is 41.7 Å². The van der Waals surface area contributed by atoms with Gasteiger partial charge in [-0.25, -0.2) is 10.8 Å². The highest BCUT2D eigenvalue weighted by molar-refractivity contribution is 5.93. The molecule has 0 spiro atoms. The Morgan fingerprint density at radius 1 is 1.19 bits per heavy atom. The zero-order chi connectivity index (χ0) is 15.2. The maximum atomic E-state index is 12.0. The number of hydrazine groups is 1. The molecule has 2 rings (SSSR count). The third-order valence-electron chi connectivity index (χ3n) is 3.27. The van der Waals surface area contributed by atoms with Gasteiger partial charge in [0.1, 0.15) is 5.82 Å². The minimum absolute atomic E-state index is 0.154. The number of aromatic nitrogens is 1. The van der Waals surface area contributed by atoms with E-state index >= 15 is 0 Å². The van der Waals surface area contributed by atoms with Crippen molar-refractivity contribution in [3.05, 3.63) is 59.3 Å². The monoisotopic (exact) mass is 284 g/mol. The number of benzene rings is 1. The molecule has 4 N–H and O–H groups in total. The summed E-state index contributed by atoms with van der Waals surface area (Å²) in [6, 6.07) is 11.6. The van der Waals surface area contributed by atoms with E-state index in [0.717, 1.165) is 5.56 Å². The first kappa shape index (κ1) is 15.0. The number of nitrogens with one attached hydrogen (secondary N) is 2. The van der Waals surface area contributed by atoms with Crippen LogP contribution in [0.3, 0.4) is 0 Å². The van der Waals surface area contributed by atoms with Gasteiger partial charge in [0.15, 0.2) is 0 Å². The second kappa shape index (κ2) is 6.85. The van der Waals surface area contributed by atoms with Gasteiger partial charge in [-0.15, -0.1) is 0 Å². The maximum Gasteiger partial charge on any atom is 0.253 e. The topological polar surface area (TPSA) is 80.0 Å². The Hall–Kier alpha value is -2.40. The summed E-state index contributed by atoms with van der Waals surface area (Å²) in [7, 11) is 0. The van der Waals surface area contributed by atoms with Crippen molar-refractivity contribution >= 4 is 11.7 Å². The van der Waals surface area contributed by atoms with Gasteiger partial charge >= 0.3 is 0 Å². The number of amides is 1. The molecule has 5 heteroatoms. The number of pyridine rings is 1. The number of carbonyl (C=O) groups excluding carboxylic acids is 1. The molecule has 0 fully saturated rings. The van der Waals surface area contributed by atoms with E-state index in [9.17, 15) is 4.79 Å². The summed E-state index contributed by atoms with van der Waals surface area (Å²) in [4.78, 5) is 16.0. The summed E-state index contributed by atoms with van der Waals surface area (Å²) in [6.07, 6.45) is 1.49. The van der Waals surface area contributed by atoms with Crippen LogP contribution < -0.4 is 16.6 Å². The largest absolute Gasteiger partial charge is 0.348 e. The average Bonchev–Trinajstić information content (AvgIpc) is 2.53. The molecule has 5 nitrogen and oxygen atoms in total. The molecule has 0 aliphatic rings. The number of nitrogens with zero attached hydrogens (tertiary/aromatic N) is 1. The summed E-state index contributed by atoms with van der Waals surface area (Å²) in [5, 5.41) is 2.87.